The van der Waals surface area contributed by atoms with Gasteiger partial charge in [0.15, 0.2) is 0 Å². The fraction of sp³-hybridized carbons (Fsp3) is 0.500. The Kier molecular flexibility index (Phi) is 4.75. The van der Waals surface area contributed by atoms with E-state index in [4.69, 9.17) is 4.52 Å². The Balaban J connectivity index is 1.52. The lowest BCUT2D eigenvalue weighted by Gasteiger charge is -2.34. The van der Waals surface area contributed by atoms with E-state index in [-0.39, 0.29) is 11.5 Å². The summed E-state index contributed by atoms with van der Waals surface area (Å²) in [5.41, 5.74) is 1.27. The predicted molar refractivity (Wildman–Crippen MR) is 86.8 cm³/mol. The summed E-state index contributed by atoms with van der Waals surface area (Å²) in [6.45, 7) is 7.76. The molecule has 0 saturated carbocycles. The summed E-state index contributed by atoms with van der Waals surface area (Å²) in [6, 6.07) is 3.26. The van der Waals surface area contributed by atoms with Crippen LogP contribution in [0.15, 0.2) is 27.6 Å². The molecule has 128 valence electrons. The minimum Gasteiger partial charge on any atom is -0.361 e. The number of aryl methyl sites for hydroxylation is 2. The second-order valence-electron chi connectivity index (χ2n) is 5.97. The third-order valence-corrected chi connectivity index (χ3v) is 4.27. The van der Waals surface area contributed by atoms with Crippen molar-refractivity contribution in [3.63, 3.8) is 0 Å². The Morgan fingerprint density at radius 1 is 1.17 bits per heavy atom. The van der Waals surface area contributed by atoms with E-state index in [9.17, 15) is 9.59 Å². The van der Waals surface area contributed by atoms with Crippen LogP contribution in [0, 0.1) is 13.8 Å². The summed E-state index contributed by atoms with van der Waals surface area (Å²) in [4.78, 5) is 28.2. The topological polar surface area (TPSA) is 84.5 Å². The normalized spacial score (nSPS) is 15.7. The molecule has 0 radical (unpaired) electrons. The van der Waals surface area contributed by atoms with Crippen molar-refractivity contribution >= 4 is 5.91 Å². The van der Waals surface area contributed by atoms with Crippen molar-refractivity contribution in [2.75, 3.05) is 32.7 Å². The predicted octanol–water partition coefficient (Wildman–Crippen LogP) is 0.306. The standard InChI is InChI=1S/C16H21N5O3/c1-12-3-4-15(22)21(18-12)10-7-19-5-8-20(9-6-19)16(23)14-11-17-24-13(14)2/h3-4,11H,5-10H2,1-2H3. The molecule has 0 unspecified atom stereocenters. The van der Waals surface area contributed by atoms with Gasteiger partial charge in [-0.1, -0.05) is 5.16 Å². The van der Waals surface area contributed by atoms with Crippen molar-refractivity contribution in [2.24, 2.45) is 0 Å². The zero-order valence-electron chi connectivity index (χ0n) is 13.9. The van der Waals surface area contributed by atoms with Gasteiger partial charge in [0.1, 0.15) is 11.3 Å². The number of hydrogen-bond donors (Lipinski definition) is 0. The van der Waals surface area contributed by atoms with E-state index >= 15 is 0 Å². The van der Waals surface area contributed by atoms with Crippen molar-refractivity contribution < 1.29 is 9.32 Å². The van der Waals surface area contributed by atoms with Crippen molar-refractivity contribution in [3.05, 3.63) is 45.7 Å². The molecule has 8 heteroatoms. The number of amides is 1. The summed E-state index contributed by atoms with van der Waals surface area (Å²) in [5.74, 6) is 0.511. The Labute approximate surface area is 139 Å². The second-order valence-corrected chi connectivity index (χ2v) is 5.97. The van der Waals surface area contributed by atoms with Crippen LogP contribution in [0.2, 0.25) is 0 Å². The molecule has 3 rings (SSSR count). The molecule has 1 aliphatic heterocycles. The molecular formula is C16H21N5O3. The van der Waals surface area contributed by atoms with E-state index in [1.54, 1.807) is 19.1 Å². The van der Waals surface area contributed by atoms with Gasteiger partial charge in [0.2, 0.25) is 0 Å². The lowest BCUT2D eigenvalue weighted by Crippen LogP contribution is -2.49. The fourth-order valence-corrected chi connectivity index (χ4v) is 2.80. The highest BCUT2D eigenvalue weighted by Gasteiger charge is 2.24. The van der Waals surface area contributed by atoms with Crippen molar-refractivity contribution in [2.45, 2.75) is 20.4 Å². The number of aromatic nitrogens is 3. The molecule has 3 heterocycles. The van der Waals surface area contributed by atoms with Gasteiger partial charge in [0.05, 0.1) is 18.4 Å². The SMILES string of the molecule is Cc1ccc(=O)n(CCN2CCN(C(=O)c3cnoc3C)CC2)n1. The third kappa shape index (κ3) is 3.53. The van der Waals surface area contributed by atoms with Crippen LogP contribution in [0.3, 0.4) is 0 Å². The number of piperazine rings is 1. The lowest BCUT2D eigenvalue weighted by atomic mass is 10.2. The van der Waals surface area contributed by atoms with E-state index in [0.29, 0.717) is 31.0 Å². The number of carbonyl (C=O) groups excluding carboxylic acids is 1. The van der Waals surface area contributed by atoms with Gasteiger partial charge in [-0.15, -0.1) is 0 Å². The summed E-state index contributed by atoms with van der Waals surface area (Å²) in [6.07, 6.45) is 1.47. The van der Waals surface area contributed by atoms with Gasteiger partial charge >= 0.3 is 0 Å². The molecule has 1 fully saturated rings. The molecule has 0 spiro atoms. The zero-order valence-corrected chi connectivity index (χ0v) is 13.9. The number of nitrogens with zero attached hydrogens (tertiary/aromatic N) is 5. The molecule has 0 atom stereocenters. The van der Waals surface area contributed by atoms with Crippen LogP contribution >= 0.6 is 0 Å². The van der Waals surface area contributed by atoms with Gasteiger partial charge in [0.25, 0.3) is 11.5 Å². The van der Waals surface area contributed by atoms with Crippen molar-refractivity contribution in [1.82, 2.24) is 24.7 Å². The van der Waals surface area contributed by atoms with Gasteiger partial charge in [-0.05, 0) is 19.9 Å². The molecule has 2 aromatic heterocycles. The smallest absolute Gasteiger partial charge is 0.266 e. The lowest BCUT2D eigenvalue weighted by molar-refractivity contribution is 0.0629. The minimum absolute atomic E-state index is 0.0371. The maximum absolute atomic E-state index is 12.4. The molecule has 1 aliphatic rings. The van der Waals surface area contributed by atoms with Gasteiger partial charge in [-0.3, -0.25) is 14.5 Å². The molecule has 8 nitrogen and oxygen atoms in total. The molecule has 0 aromatic carbocycles. The Bertz CT molecular complexity index is 774. The molecule has 0 aliphatic carbocycles. The average molecular weight is 331 g/mol. The van der Waals surface area contributed by atoms with Crippen LogP contribution in [0.25, 0.3) is 0 Å². The summed E-state index contributed by atoms with van der Waals surface area (Å²) in [5, 5.41) is 7.90. The summed E-state index contributed by atoms with van der Waals surface area (Å²) >= 11 is 0. The maximum atomic E-state index is 12.4. The molecule has 0 bridgehead atoms. The average Bonchev–Trinajstić information content (AvgIpc) is 3.01. The number of hydrogen-bond acceptors (Lipinski definition) is 6. The molecule has 2 aromatic rings. The van der Waals surface area contributed by atoms with E-state index in [2.05, 4.69) is 15.2 Å². The Morgan fingerprint density at radius 3 is 2.58 bits per heavy atom. The first-order chi connectivity index (χ1) is 11.5. The molecule has 1 saturated heterocycles. The number of carbonyl (C=O) groups is 1. The number of rotatable bonds is 4. The monoisotopic (exact) mass is 331 g/mol. The van der Waals surface area contributed by atoms with Crippen LogP contribution in [-0.2, 0) is 6.54 Å². The van der Waals surface area contributed by atoms with Gasteiger partial charge in [-0.2, -0.15) is 5.10 Å². The van der Waals surface area contributed by atoms with Crippen LogP contribution < -0.4 is 5.56 Å². The quantitative estimate of drug-likeness (QED) is 0.801. The summed E-state index contributed by atoms with van der Waals surface area (Å²) in [7, 11) is 0. The molecule has 0 N–H and O–H groups in total. The van der Waals surface area contributed by atoms with Crippen LogP contribution in [0.4, 0.5) is 0 Å². The van der Waals surface area contributed by atoms with Crippen LogP contribution in [0.1, 0.15) is 21.8 Å². The highest BCUT2D eigenvalue weighted by atomic mass is 16.5. The van der Waals surface area contributed by atoms with Crippen LogP contribution in [-0.4, -0.2) is 63.4 Å². The second kappa shape index (κ2) is 6.96. The van der Waals surface area contributed by atoms with Crippen molar-refractivity contribution in [1.29, 1.82) is 0 Å². The van der Waals surface area contributed by atoms with E-state index in [1.807, 2.05) is 11.8 Å². The molecule has 24 heavy (non-hydrogen) atoms. The van der Waals surface area contributed by atoms with E-state index in [1.165, 1.54) is 10.9 Å². The first kappa shape index (κ1) is 16.4. The highest BCUT2D eigenvalue weighted by Crippen LogP contribution is 2.12. The molecule has 1 amide bonds. The maximum Gasteiger partial charge on any atom is 0.266 e. The first-order valence-electron chi connectivity index (χ1n) is 8.02. The first-order valence-corrected chi connectivity index (χ1v) is 8.02. The van der Waals surface area contributed by atoms with Gasteiger partial charge in [0, 0.05) is 38.8 Å². The Hall–Kier alpha value is -2.48. The van der Waals surface area contributed by atoms with Gasteiger partial charge in [-0.25, -0.2) is 4.68 Å². The third-order valence-electron chi connectivity index (χ3n) is 4.27. The zero-order chi connectivity index (χ0) is 17.1. The van der Waals surface area contributed by atoms with Crippen molar-refractivity contribution in [3.8, 4) is 0 Å². The minimum atomic E-state index is -0.0858. The van der Waals surface area contributed by atoms with Gasteiger partial charge < -0.3 is 9.42 Å². The summed E-state index contributed by atoms with van der Waals surface area (Å²) < 4.78 is 6.45. The largest absolute Gasteiger partial charge is 0.361 e. The van der Waals surface area contributed by atoms with E-state index < -0.39 is 0 Å². The highest BCUT2D eigenvalue weighted by molar-refractivity contribution is 5.94. The Morgan fingerprint density at radius 2 is 1.92 bits per heavy atom. The van der Waals surface area contributed by atoms with Crippen LogP contribution in [0.5, 0.6) is 0 Å². The fourth-order valence-electron chi connectivity index (χ4n) is 2.80. The molecular weight excluding hydrogens is 310 g/mol. The van der Waals surface area contributed by atoms with E-state index in [0.717, 1.165) is 25.3 Å².